The highest BCUT2D eigenvalue weighted by atomic mass is 32.1. The average Bonchev–Trinajstić information content (AvgIpc) is 2.65. The first-order valence-electron chi connectivity index (χ1n) is 8.60. The smallest absolute Gasteiger partial charge is 0.122 e. The molecule has 2 bridgehead atoms. The molecule has 1 saturated carbocycles. The first-order valence-corrected chi connectivity index (χ1v) is 9.01. The van der Waals surface area contributed by atoms with Crippen LogP contribution in [0.5, 0.6) is 0 Å². The summed E-state index contributed by atoms with van der Waals surface area (Å²) >= 11 is 5.68. The summed E-state index contributed by atoms with van der Waals surface area (Å²) in [6.07, 6.45) is 8.16. The van der Waals surface area contributed by atoms with Crippen molar-refractivity contribution in [3.63, 3.8) is 0 Å². The topological polar surface area (TPSA) is 3.24 Å². The van der Waals surface area contributed by atoms with Gasteiger partial charge >= 0.3 is 0 Å². The molecule has 0 spiro atoms. The van der Waals surface area contributed by atoms with Crippen LogP contribution in [-0.4, -0.2) is 29.3 Å². The monoisotopic (exact) mass is 290 g/mol. The van der Waals surface area contributed by atoms with Gasteiger partial charge in [-0.25, -0.2) is 0 Å². The van der Waals surface area contributed by atoms with Crippen molar-refractivity contribution in [2.24, 2.45) is 11.8 Å². The maximum atomic E-state index is 5.68. The SMILES string of the molecule is CC(C)N1C(=S)CC2CC3[B]C(C(C)C)(CCCC21)C3. The van der Waals surface area contributed by atoms with Crippen LogP contribution in [0.25, 0.3) is 0 Å². The zero-order valence-corrected chi connectivity index (χ0v) is 14.4. The fourth-order valence-electron chi connectivity index (χ4n) is 5.17. The fourth-order valence-corrected chi connectivity index (χ4v) is 5.73. The lowest BCUT2D eigenvalue weighted by Crippen LogP contribution is -2.41. The first kappa shape index (κ1) is 14.9. The van der Waals surface area contributed by atoms with E-state index in [-0.39, 0.29) is 0 Å². The largest absolute Gasteiger partial charge is 0.360 e. The van der Waals surface area contributed by atoms with Crippen LogP contribution < -0.4 is 0 Å². The fraction of sp³-hybridized carbons (Fsp3) is 0.941. The number of hydrogen-bond donors (Lipinski definition) is 0. The normalized spacial score (nSPS) is 40.8. The number of thiocarbonyl (C=S) groups is 1. The molecule has 4 atom stereocenters. The lowest BCUT2D eigenvalue weighted by atomic mass is 9.27. The van der Waals surface area contributed by atoms with E-state index in [4.69, 9.17) is 12.2 Å². The summed E-state index contributed by atoms with van der Waals surface area (Å²) < 4.78 is 0. The van der Waals surface area contributed by atoms with Gasteiger partial charge in [0.15, 0.2) is 0 Å². The molecule has 111 valence electrons. The van der Waals surface area contributed by atoms with Crippen LogP contribution in [0.4, 0.5) is 0 Å². The summed E-state index contributed by atoms with van der Waals surface area (Å²) in [5, 5.41) is 0.576. The second-order valence-electron chi connectivity index (χ2n) is 8.07. The van der Waals surface area contributed by atoms with Gasteiger partial charge in [-0.15, -0.1) is 0 Å². The zero-order chi connectivity index (χ0) is 14.5. The number of hydrogen-bond acceptors (Lipinski definition) is 1. The Morgan fingerprint density at radius 1 is 1.30 bits per heavy atom. The molecule has 0 aromatic carbocycles. The standard InChI is InChI=1S/C17H29BNS/c1-11(2)17-7-5-6-15-13(8-14(10-17)18-17)9-16(20)19(15)12(3)4/h11-15H,5-10H2,1-4H3. The van der Waals surface area contributed by atoms with Crippen LogP contribution >= 0.6 is 12.2 Å². The van der Waals surface area contributed by atoms with Crippen LogP contribution in [0.15, 0.2) is 0 Å². The zero-order valence-electron chi connectivity index (χ0n) is 13.6. The van der Waals surface area contributed by atoms with Crippen molar-refractivity contribution in [3.05, 3.63) is 0 Å². The Morgan fingerprint density at radius 3 is 2.60 bits per heavy atom. The van der Waals surface area contributed by atoms with E-state index in [1.54, 1.807) is 0 Å². The van der Waals surface area contributed by atoms with Gasteiger partial charge < -0.3 is 4.90 Å². The van der Waals surface area contributed by atoms with Gasteiger partial charge in [0.1, 0.15) is 7.28 Å². The minimum atomic E-state index is 0.576. The van der Waals surface area contributed by atoms with E-state index >= 15 is 0 Å². The predicted octanol–water partition coefficient (Wildman–Crippen LogP) is 4.70. The van der Waals surface area contributed by atoms with Gasteiger partial charge in [-0.05, 0) is 32.1 Å². The molecule has 0 aromatic heterocycles. The summed E-state index contributed by atoms with van der Waals surface area (Å²) in [5.41, 5.74) is 0. The van der Waals surface area contributed by atoms with Crippen LogP contribution in [0, 0.1) is 11.8 Å². The van der Waals surface area contributed by atoms with Crippen molar-refractivity contribution in [2.75, 3.05) is 0 Å². The minimum absolute atomic E-state index is 0.576. The molecule has 3 aliphatic heterocycles. The third-order valence-electron chi connectivity index (χ3n) is 6.29. The molecule has 4 fully saturated rings. The van der Waals surface area contributed by atoms with Crippen LogP contribution in [0.3, 0.4) is 0 Å². The summed E-state index contributed by atoms with van der Waals surface area (Å²) in [4.78, 5) is 3.81. The molecule has 3 saturated heterocycles. The summed E-state index contributed by atoms with van der Waals surface area (Å²) in [6, 6.07) is 1.32. The van der Waals surface area contributed by atoms with E-state index in [1.807, 2.05) is 0 Å². The predicted molar refractivity (Wildman–Crippen MR) is 91.6 cm³/mol. The van der Waals surface area contributed by atoms with Crippen LogP contribution in [-0.2, 0) is 0 Å². The first-order chi connectivity index (χ1) is 9.43. The number of rotatable bonds is 2. The van der Waals surface area contributed by atoms with Crippen molar-refractivity contribution in [2.45, 2.75) is 89.4 Å². The molecule has 3 heterocycles. The number of nitrogens with zero attached hydrogens (tertiary/aromatic N) is 1. The molecule has 0 aromatic rings. The van der Waals surface area contributed by atoms with Gasteiger partial charge in [0, 0.05) is 18.5 Å². The lowest BCUT2D eigenvalue weighted by molar-refractivity contribution is 0.218. The van der Waals surface area contributed by atoms with Crippen LogP contribution in [0.2, 0.25) is 11.1 Å². The Hall–Kier alpha value is -0.0451. The molecule has 1 nitrogen and oxygen atoms in total. The van der Waals surface area contributed by atoms with E-state index in [0.717, 1.165) is 23.7 Å². The second kappa shape index (κ2) is 5.30. The van der Waals surface area contributed by atoms with E-state index in [9.17, 15) is 0 Å². The van der Waals surface area contributed by atoms with Gasteiger partial charge in [0.05, 0.1) is 4.99 Å². The number of likely N-dealkylation sites (tertiary alicyclic amines) is 1. The molecule has 3 heteroatoms. The maximum absolute atomic E-state index is 5.68. The van der Waals surface area contributed by atoms with E-state index in [1.165, 1.54) is 43.5 Å². The van der Waals surface area contributed by atoms with E-state index in [0.29, 0.717) is 11.4 Å². The Morgan fingerprint density at radius 2 is 2.00 bits per heavy atom. The van der Waals surface area contributed by atoms with Crippen molar-refractivity contribution in [1.29, 1.82) is 0 Å². The Balaban J connectivity index is 1.76. The summed E-state index contributed by atoms with van der Waals surface area (Å²) in [5.74, 6) is 2.52. The molecule has 20 heavy (non-hydrogen) atoms. The van der Waals surface area contributed by atoms with Crippen molar-refractivity contribution in [3.8, 4) is 0 Å². The van der Waals surface area contributed by atoms with Gasteiger partial charge in [-0.1, -0.05) is 62.9 Å². The van der Waals surface area contributed by atoms with Crippen molar-refractivity contribution >= 4 is 24.5 Å². The quantitative estimate of drug-likeness (QED) is 0.536. The highest BCUT2D eigenvalue weighted by Gasteiger charge is 2.50. The van der Waals surface area contributed by atoms with Gasteiger partial charge in [0.25, 0.3) is 0 Å². The molecule has 0 amide bonds. The molecule has 1 aliphatic carbocycles. The molecule has 0 N–H and O–H groups in total. The average molecular weight is 290 g/mol. The molecule has 4 rings (SSSR count). The molecule has 4 aliphatic rings. The Kier molecular flexibility index (Phi) is 3.94. The van der Waals surface area contributed by atoms with Crippen LogP contribution in [0.1, 0.15) is 66.2 Å². The van der Waals surface area contributed by atoms with Gasteiger partial charge in [0.2, 0.25) is 0 Å². The maximum Gasteiger partial charge on any atom is 0.122 e. The Bertz CT molecular complexity index is 386. The molecule has 1 radical (unpaired) electrons. The lowest BCUT2D eigenvalue weighted by Gasteiger charge is -2.51. The van der Waals surface area contributed by atoms with Gasteiger partial charge in [-0.2, -0.15) is 0 Å². The highest BCUT2D eigenvalue weighted by molar-refractivity contribution is 7.80. The Labute approximate surface area is 131 Å². The van der Waals surface area contributed by atoms with E-state index in [2.05, 4.69) is 39.9 Å². The summed E-state index contributed by atoms with van der Waals surface area (Å²) in [6.45, 7) is 9.45. The molecule has 4 unspecified atom stereocenters. The highest BCUT2D eigenvalue weighted by Crippen LogP contribution is 2.61. The third kappa shape index (κ3) is 2.34. The number of fused-ring (bicyclic) bond motifs is 2. The minimum Gasteiger partial charge on any atom is -0.360 e. The van der Waals surface area contributed by atoms with E-state index < -0.39 is 0 Å². The van der Waals surface area contributed by atoms with Crippen molar-refractivity contribution < 1.29 is 0 Å². The second-order valence-corrected chi connectivity index (χ2v) is 8.54. The van der Waals surface area contributed by atoms with Gasteiger partial charge in [-0.3, -0.25) is 0 Å². The molecular weight excluding hydrogens is 261 g/mol. The third-order valence-corrected chi connectivity index (χ3v) is 6.67. The van der Waals surface area contributed by atoms with Crippen molar-refractivity contribution in [1.82, 2.24) is 4.90 Å². The summed E-state index contributed by atoms with van der Waals surface area (Å²) in [7, 11) is 2.72. The molecular formula is C17H29BNS.